The van der Waals surface area contributed by atoms with Crippen molar-refractivity contribution in [1.29, 1.82) is 0 Å². The number of carbonyl (C=O) groups excluding carboxylic acids is 1. The van der Waals surface area contributed by atoms with E-state index in [-0.39, 0.29) is 11.8 Å². The van der Waals surface area contributed by atoms with E-state index in [0.717, 1.165) is 37.2 Å². The average Bonchev–Trinajstić information content (AvgIpc) is 3.13. The highest BCUT2D eigenvalue weighted by molar-refractivity contribution is 5.92. The minimum absolute atomic E-state index is 0.0577. The Labute approximate surface area is 172 Å². The second kappa shape index (κ2) is 8.19. The van der Waals surface area contributed by atoms with Gasteiger partial charge in [0, 0.05) is 43.6 Å². The van der Waals surface area contributed by atoms with Crippen LogP contribution in [0.2, 0.25) is 0 Å². The quantitative estimate of drug-likeness (QED) is 0.678. The molecule has 0 N–H and O–H groups in total. The van der Waals surface area contributed by atoms with E-state index in [9.17, 15) is 4.79 Å². The molecule has 0 unspecified atom stereocenters. The van der Waals surface area contributed by atoms with Crippen molar-refractivity contribution in [3.05, 3.63) is 82.4 Å². The highest BCUT2D eigenvalue weighted by Gasteiger charge is 2.27. The molecule has 1 aromatic carbocycles. The largest absolute Gasteiger partial charge is 0.337 e. The molecule has 3 aromatic rings. The van der Waals surface area contributed by atoms with Crippen molar-refractivity contribution in [1.82, 2.24) is 19.7 Å². The Hall–Kier alpha value is -2.95. The summed E-state index contributed by atoms with van der Waals surface area (Å²) in [5.74, 6) is 0.333. The standard InChI is InChI=1S/C24H28N4O/c1-17-6-4-7-19(12-17)14-20-13-18(2)26-22(15-20)21-8-5-11-28(16-21)24(29)23-9-10-25-27(23)3/h4,6-7,9-10,12-13,15,21H,5,8,11,14,16H2,1-3H3/t21-/m1/s1. The van der Waals surface area contributed by atoms with Gasteiger partial charge in [-0.3, -0.25) is 14.5 Å². The molecule has 2 aromatic heterocycles. The van der Waals surface area contributed by atoms with Gasteiger partial charge in [-0.25, -0.2) is 0 Å². The number of aryl methyl sites for hydroxylation is 3. The predicted octanol–water partition coefficient (Wildman–Crippen LogP) is 4.04. The summed E-state index contributed by atoms with van der Waals surface area (Å²) >= 11 is 0. The van der Waals surface area contributed by atoms with Crippen LogP contribution in [0.1, 0.15) is 57.3 Å². The molecule has 1 aliphatic rings. The fourth-order valence-corrected chi connectivity index (χ4v) is 4.29. The van der Waals surface area contributed by atoms with E-state index in [4.69, 9.17) is 4.98 Å². The van der Waals surface area contributed by atoms with E-state index in [1.165, 1.54) is 16.7 Å². The van der Waals surface area contributed by atoms with Crippen molar-refractivity contribution in [2.45, 2.75) is 39.0 Å². The van der Waals surface area contributed by atoms with E-state index >= 15 is 0 Å². The summed E-state index contributed by atoms with van der Waals surface area (Å²) in [7, 11) is 1.81. The summed E-state index contributed by atoms with van der Waals surface area (Å²) in [5, 5.41) is 4.14. The van der Waals surface area contributed by atoms with Gasteiger partial charge in [0.2, 0.25) is 0 Å². The van der Waals surface area contributed by atoms with Gasteiger partial charge in [-0.15, -0.1) is 0 Å². The van der Waals surface area contributed by atoms with Crippen molar-refractivity contribution in [2.75, 3.05) is 13.1 Å². The van der Waals surface area contributed by atoms with Gasteiger partial charge >= 0.3 is 0 Å². The Morgan fingerprint density at radius 1 is 1.14 bits per heavy atom. The maximum absolute atomic E-state index is 12.9. The number of aromatic nitrogens is 3. The van der Waals surface area contributed by atoms with Crippen molar-refractivity contribution < 1.29 is 4.79 Å². The van der Waals surface area contributed by atoms with Crippen LogP contribution >= 0.6 is 0 Å². The highest BCUT2D eigenvalue weighted by Crippen LogP contribution is 2.28. The number of benzene rings is 1. The molecule has 0 bridgehead atoms. The van der Waals surface area contributed by atoms with Crippen molar-refractivity contribution in [3.63, 3.8) is 0 Å². The Morgan fingerprint density at radius 3 is 2.76 bits per heavy atom. The second-order valence-electron chi connectivity index (χ2n) is 8.14. The lowest BCUT2D eigenvalue weighted by Gasteiger charge is -2.32. The maximum atomic E-state index is 12.9. The summed E-state index contributed by atoms with van der Waals surface area (Å²) in [6.45, 7) is 5.69. The lowest BCUT2D eigenvalue weighted by atomic mass is 9.92. The lowest BCUT2D eigenvalue weighted by Crippen LogP contribution is -2.40. The van der Waals surface area contributed by atoms with Crippen molar-refractivity contribution in [3.8, 4) is 0 Å². The molecular weight excluding hydrogens is 360 g/mol. The van der Waals surface area contributed by atoms with Crippen LogP contribution in [0.5, 0.6) is 0 Å². The predicted molar refractivity (Wildman–Crippen MR) is 114 cm³/mol. The monoisotopic (exact) mass is 388 g/mol. The van der Waals surface area contributed by atoms with Crippen LogP contribution in [-0.4, -0.2) is 38.7 Å². The molecule has 4 rings (SSSR count). The third-order valence-electron chi connectivity index (χ3n) is 5.69. The Bertz CT molecular complexity index is 1020. The molecule has 0 spiro atoms. The summed E-state index contributed by atoms with van der Waals surface area (Å²) in [6, 6.07) is 14.9. The molecule has 3 heterocycles. The first-order chi connectivity index (χ1) is 14.0. The fourth-order valence-electron chi connectivity index (χ4n) is 4.29. The van der Waals surface area contributed by atoms with Crippen LogP contribution in [0.25, 0.3) is 0 Å². The molecule has 0 saturated carbocycles. The zero-order chi connectivity index (χ0) is 20.4. The highest BCUT2D eigenvalue weighted by atomic mass is 16.2. The normalized spacial score (nSPS) is 16.8. The molecule has 1 aliphatic heterocycles. The van der Waals surface area contributed by atoms with Crippen LogP contribution in [0.3, 0.4) is 0 Å². The fraction of sp³-hybridized carbons (Fsp3) is 0.375. The van der Waals surface area contributed by atoms with Crippen LogP contribution in [0.4, 0.5) is 0 Å². The topological polar surface area (TPSA) is 51.0 Å². The van der Waals surface area contributed by atoms with E-state index in [0.29, 0.717) is 12.2 Å². The number of carbonyl (C=O) groups is 1. The molecule has 5 nitrogen and oxygen atoms in total. The third-order valence-corrected chi connectivity index (χ3v) is 5.69. The molecule has 1 atom stereocenters. The molecule has 5 heteroatoms. The molecular formula is C24H28N4O. The van der Waals surface area contributed by atoms with Gasteiger partial charge in [0.25, 0.3) is 5.91 Å². The molecule has 0 aliphatic carbocycles. The molecule has 1 saturated heterocycles. The zero-order valence-electron chi connectivity index (χ0n) is 17.4. The minimum atomic E-state index is 0.0577. The summed E-state index contributed by atoms with van der Waals surface area (Å²) in [5.41, 5.74) is 6.68. The Morgan fingerprint density at radius 2 is 2.00 bits per heavy atom. The number of likely N-dealkylation sites (tertiary alicyclic amines) is 1. The average molecular weight is 389 g/mol. The minimum Gasteiger partial charge on any atom is -0.337 e. The Balaban J connectivity index is 1.53. The first kappa shape index (κ1) is 19.4. The third kappa shape index (κ3) is 4.39. The van der Waals surface area contributed by atoms with Gasteiger partial charge < -0.3 is 4.90 Å². The number of pyridine rings is 1. The van der Waals surface area contributed by atoms with E-state index < -0.39 is 0 Å². The molecule has 29 heavy (non-hydrogen) atoms. The van der Waals surface area contributed by atoms with Crippen LogP contribution in [-0.2, 0) is 13.5 Å². The van der Waals surface area contributed by atoms with E-state index in [1.807, 2.05) is 11.9 Å². The van der Waals surface area contributed by atoms with Crippen molar-refractivity contribution >= 4 is 5.91 Å². The van der Waals surface area contributed by atoms with E-state index in [1.54, 1.807) is 16.9 Å². The smallest absolute Gasteiger partial charge is 0.272 e. The van der Waals surface area contributed by atoms with Gasteiger partial charge in [0.05, 0.1) is 0 Å². The number of hydrogen-bond acceptors (Lipinski definition) is 3. The molecule has 150 valence electrons. The Kier molecular flexibility index (Phi) is 5.47. The second-order valence-corrected chi connectivity index (χ2v) is 8.14. The maximum Gasteiger partial charge on any atom is 0.272 e. The first-order valence-electron chi connectivity index (χ1n) is 10.3. The summed E-state index contributed by atoms with van der Waals surface area (Å²) in [4.78, 5) is 19.7. The SMILES string of the molecule is Cc1cccc(Cc2cc(C)nc([C@@H]3CCCN(C(=O)c4ccnn4C)C3)c2)c1. The number of amides is 1. The lowest BCUT2D eigenvalue weighted by molar-refractivity contribution is 0.0694. The number of rotatable bonds is 4. The van der Waals surface area contributed by atoms with E-state index in [2.05, 4.69) is 55.3 Å². The zero-order valence-corrected chi connectivity index (χ0v) is 17.4. The van der Waals surface area contributed by atoms with Crippen molar-refractivity contribution in [2.24, 2.45) is 7.05 Å². The van der Waals surface area contributed by atoms with Gasteiger partial charge in [0.15, 0.2) is 0 Å². The van der Waals surface area contributed by atoms with Gasteiger partial charge in [-0.2, -0.15) is 5.10 Å². The van der Waals surface area contributed by atoms with Crippen LogP contribution in [0, 0.1) is 13.8 Å². The number of hydrogen-bond donors (Lipinski definition) is 0. The van der Waals surface area contributed by atoms with Gasteiger partial charge in [0.1, 0.15) is 5.69 Å². The van der Waals surface area contributed by atoms with Gasteiger partial charge in [-0.05, 0) is 62.4 Å². The summed E-state index contributed by atoms with van der Waals surface area (Å²) in [6.07, 6.45) is 4.64. The van der Waals surface area contributed by atoms with Crippen LogP contribution < -0.4 is 0 Å². The van der Waals surface area contributed by atoms with Gasteiger partial charge in [-0.1, -0.05) is 29.8 Å². The van der Waals surface area contributed by atoms with Crippen LogP contribution in [0.15, 0.2) is 48.7 Å². The molecule has 1 amide bonds. The number of piperidine rings is 1. The molecule has 1 fully saturated rings. The first-order valence-corrected chi connectivity index (χ1v) is 10.3. The number of nitrogens with zero attached hydrogens (tertiary/aromatic N) is 4. The summed E-state index contributed by atoms with van der Waals surface area (Å²) < 4.78 is 1.65. The molecule has 0 radical (unpaired) electrons.